The van der Waals surface area contributed by atoms with Crippen molar-refractivity contribution >= 4 is 62.2 Å². The van der Waals surface area contributed by atoms with Gasteiger partial charge in [0.25, 0.3) is 5.91 Å². The van der Waals surface area contributed by atoms with Crippen LogP contribution in [0.15, 0.2) is 70.3 Å². The fourth-order valence-electron chi connectivity index (χ4n) is 6.45. The van der Waals surface area contributed by atoms with Gasteiger partial charge in [0.05, 0.1) is 16.8 Å². The van der Waals surface area contributed by atoms with Crippen LogP contribution in [0.1, 0.15) is 23.2 Å². The Hall–Kier alpha value is -4.80. The number of anilines is 1. The molecule has 3 aromatic carbocycles. The van der Waals surface area contributed by atoms with Crippen molar-refractivity contribution in [2.45, 2.75) is 12.8 Å². The van der Waals surface area contributed by atoms with E-state index in [1.54, 1.807) is 12.4 Å². The second kappa shape index (κ2) is 12.5. The number of rotatable bonds is 11. The molecule has 10 heteroatoms. The summed E-state index contributed by atoms with van der Waals surface area (Å²) in [5.74, 6) is -0.731. The molecule has 46 heavy (non-hydrogen) atoms. The number of hydrogen-bond acceptors (Lipinski definition) is 7. The third-order valence-corrected chi connectivity index (χ3v) is 9.01. The fourth-order valence-corrected chi connectivity index (χ4v) is 6.45. The zero-order valence-corrected chi connectivity index (χ0v) is 26.1. The Kier molecular flexibility index (Phi) is 8.14. The molecule has 1 saturated heterocycles. The molecule has 9 nitrogen and oxygen atoms in total. The Morgan fingerprint density at radius 3 is 2.61 bits per heavy atom. The van der Waals surface area contributed by atoms with Gasteiger partial charge in [-0.1, -0.05) is 31.4 Å². The van der Waals surface area contributed by atoms with E-state index in [2.05, 4.69) is 46.0 Å². The predicted octanol–water partition coefficient (Wildman–Crippen LogP) is 5.45. The molecule has 0 radical (unpaired) electrons. The number of fused-ring (bicyclic) bond motifs is 5. The number of carbonyl (C=O) groups excluding carboxylic acids is 1. The summed E-state index contributed by atoms with van der Waals surface area (Å²) in [6.45, 7) is 14.8. The molecule has 0 unspecified atom stereocenters. The number of pyridine rings is 1. The smallest absolute Gasteiger partial charge is 0.253 e. The molecule has 0 atom stereocenters. The van der Waals surface area contributed by atoms with Crippen molar-refractivity contribution in [1.29, 1.82) is 0 Å². The first kappa shape index (κ1) is 29.9. The van der Waals surface area contributed by atoms with Crippen LogP contribution >= 0.6 is 0 Å². The molecule has 0 spiro atoms. The summed E-state index contributed by atoms with van der Waals surface area (Å²) in [5, 5.41) is 12.2. The first-order valence-corrected chi connectivity index (χ1v) is 15.9. The maximum absolute atomic E-state index is 16.0. The Morgan fingerprint density at radius 1 is 0.957 bits per heavy atom. The number of hydrogen-bond donors (Lipinski definition) is 3. The molecule has 1 amide bonds. The highest BCUT2D eigenvalue weighted by molar-refractivity contribution is 6.10. The van der Waals surface area contributed by atoms with Crippen molar-refractivity contribution in [3.05, 3.63) is 78.0 Å². The average Bonchev–Trinajstić information content (AvgIpc) is 3.42. The molecule has 0 bridgehead atoms. The van der Waals surface area contributed by atoms with Gasteiger partial charge in [-0.25, -0.2) is 4.39 Å². The fraction of sp³-hybridized carbons (Fsp3) is 0.306. The van der Waals surface area contributed by atoms with E-state index < -0.39 is 5.82 Å². The number of piperazine rings is 1. The number of likely N-dealkylation sites (N-methyl/N-ethyl adjacent to an activating group) is 1. The van der Waals surface area contributed by atoms with Gasteiger partial charge < -0.3 is 39.2 Å². The third kappa shape index (κ3) is 5.48. The number of furan rings is 1. The Morgan fingerprint density at radius 2 is 1.78 bits per heavy atom. The first-order valence-electron chi connectivity index (χ1n) is 15.9. The van der Waals surface area contributed by atoms with Gasteiger partial charge in [0.1, 0.15) is 16.9 Å². The quantitative estimate of drug-likeness (QED) is 0.101. The number of nitrogens with zero attached hydrogens (tertiary/aromatic N) is 3. The lowest BCUT2D eigenvalue weighted by atomic mass is 10.0. The molecule has 0 aliphatic carbocycles. The van der Waals surface area contributed by atoms with Crippen LogP contribution in [0.4, 0.5) is 10.1 Å². The average molecular weight is 623 g/mol. The van der Waals surface area contributed by atoms with Crippen molar-refractivity contribution in [2.75, 3.05) is 64.7 Å². The van der Waals surface area contributed by atoms with Gasteiger partial charge in [0.15, 0.2) is 17.0 Å². The minimum atomic E-state index is -0.454. The lowest BCUT2D eigenvalue weighted by molar-refractivity contribution is 0.0952. The molecule has 238 valence electrons. The molecular formula is C36H39FN6O3. The molecule has 0 saturated carbocycles. The van der Waals surface area contributed by atoms with Gasteiger partial charge >= 0.3 is 0 Å². The van der Waals surface area contributed by atoms with E-state index in [1.165, 1.54) is 6.07 Å². The zero-order valence-electron chi connectivity index (χ0n) is 26.1. The number of halogens is 1. The highest BCUT2D eigenvalue weighted by Gasteiger charge is 2.25. The second-order valence-electron chi connectivity index (χ2n) is 12.1. The maximum Gasteiger partial charge on any atom is 0.253 e. The standard InChI is InChI=1S/C36H39FN6O3/c1-4-38-11-7-12-40-36(44)27-22-43-29-21-31-26(24-9-5-6-10-30(24)45-31)20-32(29)46-35-33(28(37)19-25(23(27)2)34(35)43)39-13-8-14-42-17-15-41(3)16-18-42/h4-6,9-10,19-22,38-39H,1-2,7-8,11-18H2,3H3,(H,40,44). The van der Waals surface area contributed by atoms with Gasteiger partial charge in [0.2, 0.25) is 0 Å². The SMILES string of the molecule is C=CNCCCNC(=O)c1cn2c3cc4oc5ccccc5c4cc3oc3c(NCCCN4CCN(C)CC4)c(F)cc(c3-2)c1=C. The minimum Gasteiger partial charge on any atom is -0.456 e. The lowest BCUT2D eigenvalue weighted by Gasteiger charge is -2.32. The molecule has 1 fully saturated rings. The highest BCUT2D eigenvalue weighted by Crippen LogP contribution is 2.39. The van der Waals surface area contributed by atoms with Gasteiger partial charge in [-0.15, -0.1) is 0 Å². The largest absolute Gasteiger partial charge is 0.456 e. The van der Waals surface area contributed by atoms with Gasteiger partial charge in [-0.05, 0) is 56.1 Å². The maximum atomic E-state index is 16.0. The summed E-state index contributed by atoms with van der Waals surface area (Å²) in [5.41, 5.74) is 4.37. The van der Waals surface area contributed by atoms with E-state index in [-0.39, 0.29) is 5.91 Å². The number of carbonyl (C=O) groups is 1. The Labute approximate surface area is 266 Å². The summed E-state index contributed by atoms with van der Waals surface area (Å²) in [6, 6.07) is 13.2. The highest BCUT2D eigenvalue weighted by atomic mass is 19.1. The first-order chi connectivity index (χ1) is 22.4. The zero-order chi connectivity index (χ0) is 31.8. The van der Waals surface area contributed by atoms with Gasteiger partial charge in [-0.2, -0.15) is 0 Å². The van der Waals surface area contributed by atoms with Crippen LogP contribution in [0.2, 0.25) is 0 Å². The van der Waals surface area contributed by atoms with Crippen LogP contribution in [-0.2, 0) is 0 Å². The van der Waals surface area contributed by atoms with Gasteiger partial charge in [0, 0.05) is 74.2 Å². The monoisotopic (exact) mass is 622 g/mol. The summed E-state index contributed by atoms with van der Waals surface area (Å²) < 4.78 is 30.7. The minimum absolute atomic E-state index is 0.278. The van der Waals surface area contributed by atoms with E-state index in [0.29, 0.717) is 69.4 Å². The van der Waals surface area contributed by atoms with Crippen molar-refractivity contribution in [2.24, 2.45) is 0 Å². The van der Waals surface area contributed by atoms with E-state index in [1.807, 2.05) is 41.0 Å². The molecule has 4 aromatic rings. The van der Waals surface area contributed by atoms with E-state index in [0.717, 1.165) is 61.9 Å². The van der Waals surface area contributed by atoms with Crippen LogP contribution in [0.3, 0.4) is 0 Å². The molecule has 3 aliphatic rings. The normalized spacial score (nSPS) is 14.6. The predicted molar refractivity (Wildman–Crippen MR) is 183 cm³/mol. The summed E-state index contributed by atoms with van der Waals surface area (Å²) in [7, 11) is 2.15. The number of nitrogens with one attached hydrogen (secondary N) is 3. The Balaban J connectivity index is 1.33. The van der Waals surface area contributed by atoms with Crippen molar-refractivity contribution in [1.82, 2.24) is 25.0 Å². The van der Waals surface area contributed by atoms with Crippen LogP contribution in [-0.4, -0.2) is 79.7 Å². The summed E-state index contributed by atoms with van der Waals surface area (Å²) in [4.78, 5) is 18.2. The molecular weight excluding hydrogens is 583 g/mol. The molecule has 3 N–H and O–H groups in total. The van der Waals surface area contributed by atoms with Crippen LogP contribution in [0.5, 0.6) is 0 Å². The van der Waals surface area contributed by atoms with Crippen LogP contribution in [0, 0.1) is 5.82 Å². The van der Waals surface area contributed by atoms with Crippen LogP contribution < -0.4 is 21.2 Å². The molecule has 4 heterocycles. The second-order valence-corrected chi connectivity index (χ2v) is 12.1. The molecule has 7 rings (SSSR count). The molecule has 1 aromatic heterocycles. The summed E-state index contributed by atoms with van der Waals surface area (Å²) in [6.07, 6.45) is 4.99. The molecule has 3 aliphatic heterocycles. The van der Waals surface area contributed by atoms with Crippen LogP contribution in [0.25, 0.3) is 56.3 Å². The van der Waals surface area contributed by atoms with E-state index >= 15 is 4.39 Å². The van der Waals surface area contributed by atoms with Crippen molar-refractivity contribution in [3.63, 3.8) is 0 Å². The van der Waals surface area contributed by atoms with Crippen molar-refractivity contribution in [3.8, 4) is 5.69 Å². The number of aromatic nitrogens is 1. The van der Waals surface area contributed by atoms with Crippen molar-refractivity contribution < 1.29 is 18.0 Å². The number of benzene rings is 3. The van der Waals surface area contributed by atoms with E-state index in [4.69, 9.17) is 8.83 Å². The lowest BCUT2D eigenvalue weighted by Crippen LogP contribution is -2.44. The summed E-state index contributed by atoms with van der Waals surface area (Å²) >= 11 is 0. The number of para-hydroxylation sites is 1. The third-order valence-electron chi connectivity index (χ3n) is 9.01. The van der Waals surface area contributed by atoms with Gasteiger partial charge in [-0.3, -0.25) is 4.79 Å². The number of amides is 1. The van der Waals surface area contributed by atoms with E-state index in [9.17, 15) is 4.79 Å². The topological polar surface area (TPSA) is 90.8 Å². The Bertz CT molecular complexity index is 2100.